The van der Waals surface area contributed by atoms with E-state index in [0.29, 0.717) is 20.8 Å². The van der Waals surface area contributed by atoms with Gasteiger partial charge in [-0.25, -0.2) is 9.79 Å². The normalized spacial score (nSPS) is 11.1. The largest absolute Gasteiger partial charge is 0.465 e. The Balaban J connectivity index is 0.00000272. The molecule has 4 aromatic rings. The number of aromatic nitrogens is 1. The van der Waals surface area contributed by atoms with Crippen molar-refractivity contribution in [1.29, 1.82) is 0 Å². The molecular weight excluding hydrogens is 434 g/mol. The SMILES string of the molecule is COC(=O)c1sc2c(c1N=CN(C)C)c1ccccc1c(=O)n2-c1ccc(C)cc1.Cl. The number of carbonyl (C=O) groups excluding carboxylic acids is 1. The Kier molecular flexibility index (Phi) is 6.48. The second-order valence-electron chi connectivity index (χ2n) is 7.18. The first kappa shape index (κ1) is 22.5. The number of fused-ring (bicyclic) bond motifs is 3. The number of hydrogen-bond donors (Lipinski definition) is 0. The zero-order chi connectivity index (χ0) is 21.4. The number of halogens is 1. The molecule has 2 aromatic heterocycles. The van der Waals surface area contributed by atoms with Gasteiger partial charge in [-0.3, -0.25) is 9.36 Å². The second kappa shape index (κ2) is 8.91. The third-order valence-corrected chi connectivity index (χ3v) is 5.92. The third kappa shape index (κ3) is 3.94. The van der Waals surface area contributed by atoms with E-state index in [0.717, 1.165) is 22.0 Å². The molecule has 0 N–H and O–H groups in total. The fourth-order valence-corrected chi connectivity index (χ4v) is 4.57. The number of methoxy groups -OCH3 is 1. The van der Waals surface area contributed by atoms with Crippen molar-refractivity contribution in [1.82, 2.24) is 9.47 Å². The van der Waals surface area contributed by atoms with E-state index in [2.05, 4.69) is 4.99 Å². The van der Waals surface area contributed by atoms with Crippen LogP contribution in [0.25, 0.3) is 26.7 Å². The number of ether oxygens (including phenoxy) is 1. The second-order valence-corrected chi connectivity index (χ2v) is 8.18. The maximum atomic E-state index is 13.5. The first-order chi connectivity index (χ1) is 14.4. The summed E-state index contributed by atoms with van der Waals surface area (Å²) >= 11 is 1.22. The lowest BCUT2D eigenvalue weighted by molar-refractivity contribution is 0.0607. The summed E-state index contributed by atoms with van der Waals surface area (Å²) in [6, 6.07) is 15.2. The summed E-state index contributed by atoms with van der Waals surface area (Å²) in [6.07, 6.45) is 1.64. The van der Waals surface area contributed by atoms with Crippen LogP contribution in [-0.4, -0.2) is 43.0 Å². The number of rotatable bonds is 4. The molecule has 0 aliphatic heterocycles. The van der Waals surface area contributed by atoms with Crippen LogP contribution in [0.2, 0.25) is 0 Å². The average Bonchev–Trinajstić information content (AvgIpc) is 3.12. The number of aryl methyl sites for hydroxylation is 1. The molecule has 4 rings (SSSR count). The monoisotopic (exact) mass is 455 g/mol. The van der Waals surface area contributed by atoms with Crippen LogP contribution in [0.1, 0.15) is 15.2 Å². The van der Waals surface area contributed by atoms with Crippen LogP contribution in [0.5, 0.6) is 0 Å². The summed E-state index contributed by atoms with van der Waals surface area (Å²) < 4.78 is 6.67. The van der Waals surface area contributed by atoms with Crippen molar-refractivity contribution in [2.45, 2.75) is 6.92 Å². The number of carbonyl (C=O) groups is 1. The van der Waals surface area contributed by atoms with Crippen molar-refractivity contribution in [3.05, 3.63) is 69.3 Å². The number of nitrogens with zero attached hydrogens (tertiary/aromatic N) is 3. The average molecular weight is 456 g/mol. The maximum Gasteiger partial charge on any atom is 0.350 e. The van der Waals surface area contributed by atoms with Crippen LogP contribution in [0, 0.1) is 6.92 Å². The molecule has 0 fully saturated rings. The van der Waals surface area contributed by atoms with Crippen LogP contribution in [0.15, 0.2) is 58.3 Å². The number of aliphatic imine (C=N–C) groups is 1. The van der Waals surface area contributed by atoms with Crippen molar-refractivity contribution in [2.75, 3.05) is 21.2 Å². The van der Waals surface area contributed by atoms with Crippen molar-refractivity contribution < 1.29 is 9.53 Å². The molecule has 0 unspecified atom stereocenters. The van der Waals surface area contributed by atoms with Crippen molar-refractivity contribution in [3.63, 3.8) is 0 Å². The van der Waals surface area contributed by atoms with Gasteiger partial charge in [0.2, 0.25) is 0 Å². The third-order valence-electron chi connectivity index (χ3n) is 4.78. The topological polar surface area (TPSA) is 63.9 Å². The van der Waals surface area contributed by atoms with E-state index in [-0.39, 0.29) is 18.0 Å². The Morgan fingerprint density at radius 2 is 1.74 bits per heavy atom. The van der Waals surface area contributed by atoms with E-state index in [1.807, 2.05) is 63.5 Å². The van der Waals surface area contributed by atoms with Crippen LogP contribution in [0.4, 0.5) is 5.69 Å². The molecule has 0 saturated carbocycles. The highest BCUT2D eigenvalue weighted by Crippen LogP contribution is 2.42. The number of pyridine rings is 1. The molecule has 2 aromatic carbocycles. The quantitative estimate of drug-likeness (QED) is 0.248. The Bertz CT molecular complexity index is 1350. The van der Waals surface area contributed by atoms with Gasteiger partial charge in [0.25, 0.3) is 5.56 Å². The van der Waals surface area contributed by atoms with Gasteiger partial charge < -0.3 is 9.64 Å². The van der Waals surface area contributed by atoms with Crippen LogP contribution < -0.4 is 5.56 Å². The molecule has 0 atom stereocenters. The Labute approximate surface area is 189 Å². The van der Waals surface area contributed by atoms with E-state index in [1.165, 1.54) is 18.4 Å². The number of thiophene rings is 1. The fraction of sp³-hybridized carbons (Fsp3) is 0.174. The summed E-state index contributed by atoms with van der Waals surface area (Å²) in [5, 5.41) is 2.09. The number of benzene rings is 2. The summed E-state index contributed by atoms with van der Waals surface area (Å²) in [5.74, 6) is -0.478. The van der Waals surface area contributed by atoms with E-state index >= 15 is 0 Å². The number of esters is 1. The molecule has 0 spiro atoms. The molecule has 0 bridgehead atoms. The van der Waals surface area contributed by atoms with Crippen molar-refractivity contribution in [3.8, 4) is 5.69 Å². The van der Waals surface area contributed by atoms with Gasteiger partial charge in [-0.2, -0.15) is 0 Å². The summed E-state index contributed by atoms with van der Waals surface area (Å²) in [5.41, 5.74) is 2.21. The molecule has 6 nitrogen and oxygen atoms in total. The molecule has 160 valence electrons. The van der Waals surface area contributed by atoms with Crippen molar-refractivity contribution in [2.24, 2.45) is 4.99 Å². The number of hydrogen-bond acceptors (Lipinski definition) is 5. The van der Waals surface area contributed by atoms with Gasteiger partial charge in [0.05, 0.1) is 19.1 Å². The minimum atomic E-state index is -0.478. The van der Waals surface area contributed by atoms with Crippen molar-refractivity contribution >= 4 is 62.7 Å². The standard InChI is InChI=1S/C23H21N3O3S.ClH/c1-14-9-11-15(12-10-14)26-21(27)17-8-6-5-7-16(17)18-19(24-13-25(2)3)20(23(28)29-4)30-22(18)26;/h5-13H,1-4H3;1H. The molecule has 0 amide bonds. The van der Waals surface area contributed by atoms with E-state index in [4.69, 9.17) is 4.74 Å². The van der Waals surface area contributed by atoms with Gasteiger partial charge in [0.15, 0.2) is 0 Å². The first-order valence-corrected chi connectivity index (χ1v) is 10.2. The molecule has 0 radical (unpaired) electrons. The lowest BCUT2D eigenvalue weighted by atomic mass is 10.1. The maximum absolute atomic E-state index is 13.5. The smallest absolute Gasteiger partial charge is 0.350 e. The van der Waals surface area contributed by atoms with Crippen LogP contribution in [0.3, 0.4) is 0 Å². The van der Waals surface area contributed by atoms with Gasteiger partial charge in [-0.15, -0.1) is 23.7 Å². The highest BCUT2D eigenvalue weighted by molar-refractivity contribution is 7.21. The van der Waals surface area contributed by atoms with E-state index in [1.54, 1.807) is 21.9 Å². The minimum absolute atomic E-state index is 0. The molecule has 31 heavy (non-hydrogen) atoms. The minimum Gasteiger partial charge on any atom is -0.465 e. The highest BCUT2D eigenvalue weighted by atomic mass is 35.5. The van der Waals surface area contributed by atoms with Gasteiger partial charge in [-0.1, -0.05) is 35.9 Å². The molecule has 0 aliphatic rings. The van der Waals surface area contributed by atoms with Gasteiger partial charge in [0, 0.05) is 24.9 Å². The Hall–Kier alpha value is -3.16. The highest BCUT2D eigenvalue weighted by Gasteiger charge is 2.24. The van der Waals surface area contributed by atoms with Crippen LogP contribution in [-0.2, 0) is 4.74 Å². The summed E-state index contributed by atoms with van der Waals surface area (Å²) in [6.45, 7) is 2.00. The first-order valence-electron chi connectivity index (χ1n) is 9.38. The van der Waals surface area contributed by atoms with Gasteiger partial charge in [-0.05, 0) is 30.5 Å². The predicted octanol–water partition coefficient (Wildman–Crippen LogP) is 4.94. The van der Waals surface area contributed by atoms with E-state index in [9.17, 15) is 9.59 Å². The molecular formula is C23H22ClN3O3S. The Morgan fingerprint density at radius 3 is 2.35 bits per heavy atom. The Morgan fingerprint density at radius 1 is 1.10 bits per heavy atom. The molecule has 8 heteroatoms. The van der Waals surface area contributed by atoms with Gasteiger partial charge >= 0.3 is 5.97 Å². The fourth-order valence-electron chi connectivity index (χ4n) is 3.37. The molecule has 0 saturated heterocycles. The summed E-state index contributed by atoms with van der Waals surface area (Å²) in [7, 11) is 5.06. The van der Waals surface area contributed by atoms with Crippen LogP contribution >= 0.6 is 23.7 Å². The summed E-state index contributed by atoms with van der Waals surface area (Å²) in [4.78, 5) is 33.4. The molecule has 2 heterocycles. The predicted molar refractivity (Wildman–Crippen MR) is 130 cm³/mol. The lowest BCUT2D eigenvalue weighted by Crippen LogP contribution is -2.18. The van der Waals surface area contributed by atoms with Gasteiger partial charge in [0.1, 0.15) is 15.4 Å². The lowest BCUT2D eigenvalue weighted by Gasteiger charge is -2.11. The van der Waals surface area contributed by atoms with E-state index < -0.39 is 5.97 Å². The zero-order valence-electron chi connectivity index (χ0n) is 17.6. The molecule has 0 aliphatic carbocycles. The zero-order valence-corrected chi connectivity index (χ0v) is 19.2.